The summed E-state index contributed by atoms with van der Waals surface area (Å²) >= 11 is 0. The van der Waals surface area contributed by atoms with Gasteiger partial charge in [-0.05, 0) is 6.42 Å². The van der Waals surface area contributed by atoms with Gasteiger partial charge < -0.3 is 10.7 Å². The Hall–Kier alpha value is -2.94. The molecule has 24 heavy (non-hydrogen) atoms. The molecular formula is C15H18N8O. The molecule has 9 heteroatoms. The van der Waals surface area contributed by atoms with E-state index in [1.165, 1.54) is 0 Å². The summed E-state index contributed by atoms with van der Waals surface area (Å²) in [6, 6.07) is 0. The molecule has 3 N–H and O–H groups in total. The molecule has 0 fully saturated rings. The van der Waals surface area contributed by atoms with Gasteiger partial charge >= 0.3 is 0 Å². The number of nitrogens with zero attached hydrogens (tertiary/aromatic N) is 6. The van der Waals surface area contributed by atoms with Gasteiger partial charge in [-0.1, -0.05) is 6.92 Å². The van der Waals surface area contributed by atoms with Crippen LogP contribution in [0.3, 0.4) is 0 Å². The maximum Gasteiger partial charge on any atom is 0.280 e. The quantitative estimate of drug-likeness (QED) is 0.558. The Morgan fingerprint density at radius 1 is 1.33 bits per heavy atom. The molecule has 0 spiro atoms. The highest BCUT2D eigenvalue weighted by atomic mass is 16.1. The van der Waals surface area contributed by atoms with Crippen molar-refractivity contribution in [3.63, 3.8) is 0 Å². The zero-order valence-electron chi connectivity index (χ0n) is 13.3. The van der Waals surface area contributed by atoms with Crippen molar-refractivity contribution in [3.8, 4) is 11.4 Å². The summed E-state index contributed by atoms with van der Waals surface area (Å²) in [5.74, 6) is 1.21. The molecule has 0 aliphatic heterocycles. The predicted octanol–water partition coefficient (Wildman–Crippen LogP) is 0.605. The Labute approximate surface area is 136 Å². The second-order valence-electron chi connectivity index (χ2n) is 5.62. The summed E-state index contributed by atoms with van der Waals surface area (Å²) < 4.78 is 5.25. The van der Waals surface area contributed by atoms with Crippen molar-refractivity contribution in [2.75, 3.05) is 6.54 Å². The zero-order valence-corrected chi connectivity index (χ0v) is 13.3. The first-order valence-electron chi connectivity index (χ1n) is 7.91. The van der Waals surface area contributed by atoms with Crippen LogP contribution in [0.5, 0.6) is 0 Å². The van der Waals surface area contributed by atoms with Crippen LogP contribution in [-0.4, -0.2) is 40.2 Å². The normalized spacial score (nSPS) is 11.8. The molecule has 4 aromatic rings. The molecule has 0 bridgehead atoms. The van der Waals surface area contributed by atoms with Gasteiger partial charge in [0.15, 0.2) is 11.2 Å². The summed E-state index contributed by atoms with van der Waals surface area (Å²) in [4.78, 5) is 24.8. The van der Waals surface area contributed by atoms with E-state index in [0.29, 0.717) is 42.4 Å². The fourth-order valence-corrected chi connectivity index (χ4v) is 2.88. The minimum Gasteiger partial charge on any atom is -0.332 e. The van der Waals surface area contributed by atoms with Crippen molar-refractivity contribution in [2.45, 2.75) is 26.4 Å². The lowest BCUT2D eigenvalue weighted by molar-refractivity contribution is 0.625. The van der Waals surface area contributed by atoms with Gasteiger partial charge in [0.25, 0.3) is 5.56 Å². The van der Waals surface area contributed by atoms with E-state index >= 15 is 0 Å². The van der Waals surface area contributed by atoms with Crippen LogP contribution in [0.1, 0.15) is 13.3 Å². The van der Waals surface area contributed by atoms with E-state index in [1.54, 1.807) is 21.6 Å². The first-order chi connectivity index (χ1) is 11.7. The van der Waals surface area contributed by atoms with Crippen LogP contribution >= 0.6 is 0 Å². The van der Waals surface area contributed by atoms with Gasteiger partial charge in [-0.3, -0.25) is 18.4 Å². The van der Waals surface area contributed by atoms with Crippen LogP contribution < -0.4 is 11.3 Å². The number of nitrogens with one attached hydrogen (secondary N) is 1. The van der Waals surface area contributed by atoms with E-state index in [9.17, 15) is 4.79 Å². The van der Waals surface area contributed by atoms with Crippen molar-refractivity contribution < 1.29 is 0 Å². The van der Waals surface area contributed by atoms with E-state index in [-0.39, 0.29) is 5.56 Å². The largest absolute Gasteiger partial charge is 0.332 e. The molecule has 0 unspecified atom stereocenters. The van der Waals surface area contributed by atoms with E-state index in [2.05, 4.69) is 20.1 Å². The van der Waals surface area contributed by atoms with Crippen molar-refractivity contribution in [1.82, 2.24) is 33.7 Å². The highest BCUT2D eigenvalue weighted by Gasteiger charge is 2.16. The third kappa shape index (κ3) is 2.13. The Kier molecular flexibility index (Phi) is 3.42. The number of aryl methyl sites for hydroxylation is 1. The van der Waals surface area contributed by atoms with E-state index in [4.69, 9.17) is 5.73 Å². The number of imidazole rings is 2. The van der Waals surface area contributed by atoms with E-state index in [0.717, 1.165) is 12.0 Å². The van der Waals surface area contributed by atoms with E-state index in [1.807, 2.05) is 23.7 Å². The van der Waals surface area contributed by atoms with Crippen molar-refractivity contribution in [1.29, 1.82) is 0 Å². The monoisotopic (exact) mass is 326 g/mol. The molecule has 0 aliphatic carbocycles. The van der Waals surface area contributed by atoms with Gasteiger partial charge in [-0.15, -0.1) is 0 Å². The fourth-order valence-electron chi connectivity index (χ4n) is 2.88. The molecule has 124 valence electrons. The highest BCUT2D eigenvalue weighted by Crippen LogP contribution is 2.19. The topological polar surface area (TPSA) is 112 Å². The summed E-state index contributed by atoms with van der Waals surface area (Å²) in [6.45, 7) is 3.78. The lowest BCUT2D eigenvalue weighted by Gasteiger charge is -2.05. The number of hydrogen-bond donors (Lipinski definition) is 2. The highest BCUT2D eigenvalue weighted by molar-refractivity contribution is 5.77. The summed E-state index contributed by atoms with van der Waals surface area (Å²) in [6.07, 6.45) is 7.91. The van der Waals surface area contributed by atoms with Gasteiger partial charge in [0.2, 0.25) is 5.78 Å². The molecule has 4 heterocycles. The van der Waals surface area contributed by atoms with Gasteiger partial charge in [0.05, 0.1) is 18.3 Å². The van der Waals surface area contributed by atoms with Gasteiger partial charge in [-0.25, -0.2) is 9.97 Å². The molecular weight excluding hydrogens is 308 g/mol. The van der Waals surface area contributed by atoms with Crippen molar-refractivity contribution >= 4 is 16.9 Å². The lowest BCUT2D eigenvalue weighted by atomic mass is 10.3. The molecule has 0 amide bonds. The minimum absolute atomic E-state index is 0.112. The molecule has 0 aromatic carbocycles. The number of hydrogen-bond acceptors (Lipinski definition) is 5. The van der Waals surface area contributed by atoms with Crippen LogP contribution in [0, 0.1) is 0 Å². The summed E-state index contributed by atoms with van der Waals surface area (Å²) in [5.41, 5.74) is 7.29. The van der Waals surface area contributed by atoms with Gasteiger partial charge in [-0.2, -0.15) is 5.10 Å². The van der Waals surface area contributed by atoms with Gasteiger partial charge in [0.1, 0.15) is 5.82 Å². The Morgan fingerprint density at radius 2 is 2.21 bits per heavy atom. The lowest BCUT2D eigenvalue weighted by Crippen LogP contribution is -2.23. The average molecular weight is 326 g/mol. The van der Waals surface area contributed by atoms with Crippen LogP contribution in [0.25, 0.3) is 28.3 Å². The molecule has 4 rings (SSSR count). The van der Waals surface area contributed by atoms with Crippen LogP contribution in [-0.2, 0) is 13.1 Å². The SMILES string of the molecule is CCCn1c(=O)c2[nH]c(-c3cnn(CCN)c3)nc2n2ccnc12. The minimum atomic E-state index is -0.112. The number of rotatable bonds is 5. The maximum atomic E-state index is 12.8. The van der Waals surface area contributed by atoms with Crippen molar-refractivity contribution in [3.05, 3.63) is 35.1 Å². The molecule has 0 radical (unpaired) electrons. The van der Waals surface area contributed by atoms with Crippen LogP contribution in [0.4, 0.5) is 0 Å². The first-order valence-corrected chi connectivity index (χ1v) is 7.91. The molecule has 4 aromatic heterocycles. The standard InChI is InChI=1S/C15H18N8O/c1-2-5-23-14(24)11-13(22-7-4-17-15(22)23)20-12(19-11)10-8-18-21(9-10)6-3-16/h4,7-9H,2-3,5-6,16H2,1H3,(H,19,20). The van der Waals surface area contributed by atoms with Crippen LogP contribution in [0.2, 0.25) is 0 Å². The summed E-state index contributed by atoms with van der Waals surface area (Å²) in [7, 11) is 0. The summed E-state index contributed by atoms with van der Waals surface area (Å²) in [5, 5.41) is 4.25. The molecule has 0 saturated heterocycles. The Bertz CT molecular complexity index is 1070. The molecule has 0 aliphatic rings. The fraction of sp³-hybridized carbons (Fsp3) is 0.333. The number of nitrogens with two attached hydrogens (primary N) is 1. The molecule has 0 saturated carbocycles. The Balaban J connectivity index is 1.94. The number of aromatic amines is 1. The van der Waals surface area contributed by atoms with Crippen molar-refractivity contribution in [2.24, 2.45) is 5.73 Å². The number of aromatic nitrogens is 7. The average Bonchev–Trinajstić information content (AvgIpc) is 3.28. The Morgan fingerprint density at radius 3 is 3.00 bits per heavy atom. The predicted molar refractivity (Wildman–Crippen MR) is 89.7 cm³/mol. The molecule has 0 atom stereocenters. The second-order valence-corrected chi connectivity index (χ2v) is 5.62. The second kappa shape index (κ2) is 5.60. The zero-order chi connectivity index (χ0) is 16.7. The molecule has 9 nitrogen and oxygen atoms in total. The van der Waals surface area contributed by atoms with Crippen LogP contribution in [0.15, 0.2) is 29.6 Å². The van der Waals surface area contributed by atoms with E-state index < -0.39 is 0 Å². The smallest absolute Gasteiger partial charge is 0.280 e. The number of H-pyrrole nitrogens is 1. The maximum absolute atomic E-state index is 12.8. The third-order valence-corrected chi connectivity index (χ3v) is 3.95. The first kappa shape index (κ1) is 14.6. The third-order valence-electron chi connectivity index (χ3n) is 3.95. The number of fused-ring (bicyclic) bond motifs is 3. The van der Waals surface area contributed by atoms with Gasteiger partial charge in [0, 0.05) is 31.7 Å².